The van der Waals surface area contributed by atoms with Crippen LogP contribution in [0.5, 0.6) is 0 Å². The quantitative estimate of drug-likeness (QED) is 0.276. The topological polar surface area (TPSA) is 100 Å². The van der Waals surface area contributed by atoms with E-state index in [1.54, 1.807) is 0 Å². The Labute approximate surface area is 57.4 Å². The lowest BCUT2D eigenvalue weighted by Gasteiger charge is -1.90. The van der Waals surface area contributed by atoms with E-state index in [4.69, 9.17) is 5.21 Å². The SMILES string of the molecule is CC(/C=N/O)=N/NC(N)=O. The largest absolute Gasteiger partial charge is 0.411 e. The Hall–Kier alpha value is -1.59. The Balaban J connectivity index is 3.80. The summed E-state index contributed by atoms with van der Waals surface area (Å²) in [5.74, 6) is 0. The van der Waals surface area contributed by atoms with Crippen LogP contribution in [-0.2, 0) is 0 Å². The zero-order valence-corrected chi connectivity index (χ0v) is 5.40. The highest BCUT2D eigenvalue weighted by Gasteiger charge is 1.86. The van der Waals surface area contributed by atoms with E-state index < -0.39 is 6.03 Å². The molecule has 0 aromatic rings. The summed E-state index contributed by atoms with van der Waals surface area (Å²) in [6, 6.07) is -0.759. The van der Waals surface area contributed by atoms with Gasteiger partial charge in [-0.1, -0.05) is 5.16 Å². The molecule has 0 rings (SSSR count). The number of carbonyl (C=O) groups is 1. The van der Waals surface area contributed by atoms with Gasteiger partial charge in [0.1, 0.15) is 0 Å². The van der Waals surface area contributed by atoms with Crippen LogP contribution in [0.25, 0.3) is 0 Å². The highest BCUT2D eigenvalue weighted by molar-refractivity contribution is 6.29. The summed E-state index contributed by atoms with van der Waals surface area (Å²) in [5.41, 5.74) is 6.98. The maximum absolute atomic E-state index is 10.0. The molecule has 0 unspecified atom stereocenters. The average Bonchev–Trinajstić information content (AvgIpc) is 1.85. The number of amides is 2. The summed E-state index contributed by atoms with van der Waals surface area (Å²) < 4.78 is 0. The Morgan fingerprint density at radius 3 is 2.80 bits per heavy atom. The van der Waals surface area contributed by atoms with E-state index in [0.29, 0.717) is 5.71 Å². The van der Waals surface area contributed by atoms with Crippen molar-refractivity contribution in [3.63, 3.8) is 0 Å². The summed E-state index contributed by atoms with van der Waals surface area (Å²) in [7, 11) is 0. The molecule has 0 bridgehead atoms. The first kappa shape index (κ1) is 8.41. The maximum atomic E-state index is 10.0. The molecule has 0 atom stereocenters. The number of hydrogen-bond donors (Lipinski definition) is 3. The van der Waals surface area contributed by atoms with Crippen LogP contribution in [0.3, 0.4) is 0 Å². The molecule has 0 fully saturated rings. The normalized spacial score (nSPS) is 11.9. The molecule has 0 saturated carbocycles. The standard InChI is InChI=1S/C4H8N4O2/c1-3(2-6-10)7-8-4(5)9/h2,10H,1H3,(H3,5,8,9)/b6-2+,7-3-. The Morgan fingerprint density at radius 1 is 1.80 bits per heavy atom. The van der Waals surface area contributed by atoms with Crippen molar-refractivity contribution < 1.29 is 10.0 Å². The molecule has 56 valence electrons. The van der Waals surface area contributed by atoms with Crippen molar-refractivity contribution in [1.82, 2.24) is 5.43 Å². The number of primary amides is 1. The third-order valence-electron chi connectivity index (χ3n) is 0.587. The van der Waals surface area contributed by atoms with Crippen molar-refractivity contribution in [2.45, 2.75) is 6.92 Å². The Morgan fingerprint density at radius 2 is 2.40 bits per heavy atom. The molecular formula is C4H8N4O2. The van der Waals surface area contributed by atoms with Crippen molar-refractivity contribution in [1.29, 1.82) is 0 Å². The van der Waals surface area contributed by atoms with Crippen LogP contribution in [0.1, 0.15) is 6.92 Å². The van der Waals surface area contributed by atoms with Gasteiger partial charge in [-0.15, -0.1) is 0 Å². The summed E-state index contributed by atoms with van der Waals surface area (Å²) in [6.07, 6.45) is 1.07. The second-order valence-electron chi connectivity index (χ2n) is 1.47. The molecule has 6 nitrogen and oxygen atoms in total. The highest BCUT2D eigenvalue weighted by Crippen LogP contribution is 1.68. The molecule has 0 saturated heterocycles. The Bertz CT molecular complexity index is 174. The van der Waals surface area contributed by atoms with Gasteiger partial charge in [0.05, 0.1) is 11.9 Å². The highest BCUT2D eigenvalue weighted by atomic mass is 16.4. The third kappa shape index (κ3) is 4.57. The van der Waals surface area contributed by atoms with E-state index in [1.807, 2.05) is 5.43 Å². The maximum Gasteiger partial charge on any atom is 0.332 e. The number of nitrogens with one attached hydrogen (secondary N) is 1. The van der Waals surface area contributed by atoms with E-state index in [9.17, 15) is 4.79 Å². The van der Waals surface area contributed by atoms with E-state index >= 15 is 0 Å². The molecule has 0 heterocycles. The molecule has 0 aromatic heterocycles. The number of rotatable bonds is 2. The lowest BCUT2D eigenvalue weighted by molar-refractivity contribution is 0.249. The van der Waals surface area contributed by atoms with Gasteiger partial charge in [0.2, 0.25) is 0 Å². The fourth-order valence-electron chi connectivity index (χ4n) is 0.256. The van der Waals surface area contributed by atoms with Gasteiger partial charge < -0.3 is 10.9 Å². The number of hydrazone groups is 1. The lowest BCUT2D eigenvalue weighted by atomic mass is 10.5. The third-order valence-corrected chi connectivity index (χ3v) is 0.587. The van der Waals surface area contributed by atoms with Crippen LogP contribution >= 0.6 is 0 Å². The van der Waals surface area contributed by atoms with Gasteiger partial charge in [0.25, 0.3) is 0 Å². The van der Waals surface area contributed by atoms with E-state index in [2.05, 4.69) is 16.0 Å². The predicted molar refractivity (Wildman–Crippen MR) is 36.1 cm³/mol. The zero-order chi connectivity index (χ0) is 7.98. The zero-order valence-electron chi connectivity index (χ0n) is 5.40. The van der Waals surface area contributed by atoms with E-state index in [0.717, 1.165) is 6.21 Å². The molecule has 0 radical (unpaired) electrons. The number of oxime groups is 1. The van der Waals surface area contributed by atoms with Crippen molar-refractivity contribution >= 4 is 18.0 Å². The molecule has 2 amide bonds. The average molecular weight is 144 g/mol. The molecule has 0 spiro atoms. The number of urea groups is 1. The van der Waals surface area contributed by atoms with Gasteiger partial charge in [-0.05, 0) is 6.92 Å². The van der Waals surface area contributed by atoms with Crippen LogP contribution in [0.2, 0.25) is 0 Å². The smallest absolute Gasteiger partial charge is 0.332 e. The minimum atomic E-state index is -0.759. The van der Waals surface area contributed by atoms with Crippen molar-refractivity contribution in [3.8, 4) is 0 Å². The first-order valence-electron chi connectivity index (χ1n) is 2.44. The van der Waals surface area contributed by atoms with Gasteiger partial charge in [-0.25, -0.2) is 10.2 Å². The minimum Gasteiger partial charge on any atom is -0.411 e. The fraction of sp³-hybridized carbons (Fsp3) is 0.250. The molecule has 6 heteroatoms. The van der Waals surface area contributed by atoms with Crippen LogP contribution < -0.4 is 11.2 Å². The molecule has 10 heavy (non-hydrogen) atoms. The fourth-order valence-corrected chi connectivity index (χ4v) is 0.256. The van der Waals surface area contributed by atoms with Crippen molar-refractivity contribution in [2.24, 2.45) is 16.0 Å². The lowest BCUT2D eigenvalue weighted by Crippen LogP contribution is -2.25. The van der Waals surface area contributed by atoms with E-state index in [-0.39, 0.29) is 0 Å². The molecular weight excluding hydrogens is 136 g/mol. The number of nitrogens with two attached hydrogens (primary N) is 1. The predicted octanol–water partition coefficient (Wildman–Crippen LogP) is -0.509. The van der Waals surface area contributed by atoms with Crippen molar-refractivity contribution in [2.75, 3.05) is 0 Å². The number of nitrogens with zero attached hydrogens (tertiary/aromatic N) is 2. The summed E-state index contributed by atoms with van der Waals surface area (Å²) >= 11 is 0. The molecule has 0 aliphatic rings. The minimum absolute atomic E-state index is 0.348. The van der Waals surface area contributed by atoms with Gasteiger partial charge in [-0.2, -0.15) is 5.10 Å². The number of hydrogen-bond acceptors (Lipinski definition) is 4. The second kappa shape index (κ2) is 4.30. The molecule has 0 aliphatic heterocycles. The monoisotopic (exact) mass is 144 g/mol. The van der Waals surface area contributed by atoms with Gasteiger partial charge in [-0.3, -0.25) is 0 Å². The van der Waals surface area contributed by atoms with Crippen LogP contribution in [0.4, 0.5) is 4.79 Å². The Kier molecular flexibility index (Phi) is 3.62. The van der Waals surface area contributed by atoms with Gasteiger partial charge in [0, 0.05) is 0 Å². The van der Waals surface area contributed by atoms with Gasteiger partial charge >= 0.3 is 6.03 Å². The van der Waals surface area contributed by atoms with Crippen LogP contribution in [0.15, 0.2) is 10.3 Å². The van der Waals surface area contributed by atoms with Crippen LogP contribution in [0, 0.1) is 0 Å². The summed E-state index contributed by atoms with van der Waals surface area (Å²) in [6.45, 7) is 1.54. The first-order chi connectivity index (χ1) is 4.66. The summed E-state index contributed by atoms with van der Waals surface area (Å²) in [4.78, 5) is 10.0. The summed E-state index contributed by atoms with van der Waals surface area (Å²) in [5, 5.41) is 14.0. The number of carbonyl (C=O) groups excluding carboxylic acids is 1. The van der Waals surface area contributed by atoms with Crippen LogP contribution in [-0.4, -0.2) is 23.2 Å². The van der Waals surface area contributed by atoms with E-state index in [1.165, 1.54) is 6.92 Å². The first-order valence-corrected chi connectivity index (χ1v) is 2.44. The molecule has 0 aromatic carbocycles. The molecule has 4 N–H and O–H groups in total. The second-order valence-corrected chi connectivity index (χ2v) is 1.47. The van der Waals surface area contributed by atoms with Gasteiger partial charge in [0.15, 0.2) is 0 Å². The molecule has 0 aliphatic carbocycles. The van der Waals surface area contributed by atoms with Crippen molar-refractivity contribution in [3.05, 3.63) is 0 Å².